The van der Waals surface area contributed by atoms with Crippen molar-refractivity contribution in [3.63, 3.8) is 0 Å². The molecule has 3 fully saturated rings. The normalized spacial score (nSPS) is 47.1. The van der Waals surface area contributed by atoms with Crippen molar-refractivity contribution >= 4 is 17.7 Å². The molecule has 4 rings (SSSR count). The van der Waals surface area contributed by atoms with E-state index in [-0.39, 0.29) is 24.7 Å². The van der Waals surface area contributed by atoms with E-state index in [0.29, 0.717) is 24.8 Å². The summed E-state index contributed by atoms with van der Waals surface area (Å²) in [7, 11) is 1.21. The lowest BCUT2D eigenvalue weighted by Gasteiger charge is -2.62. The van der Waals surface area contributed by atoms with Crippen molar-refractivity contribution in [3.8, 4) is 0 Å². The van der Waals surface area contributed by atoms with Gasteiger partial charge in [-0.05, 0) is 56.6 Å². The first-order chi connectivity index (χ1) is 14.9. The van der Waals surface area contributed by atoms with E-state index < -0.39 is 51.9 Å². The Morgan fingerprint density at radius 3 is 2.66 bits per heavy atom. The van der Waals surface area contributed by atoms with E-state index in [0.717, 1.165) is 0 Å². The maximum atomic E-state index is 17.0. The number of rotatable bonds is 3. The topological polar surface area (TPSA) is 113 Å². The number of amides is 1. The molecule has 7 nitrogen and oxygen atoms in total. The van der Waals surface area contributed by atoms with Crippen molar-refractivity contribution in [2.75, 3.05) is 13.7 Å². The second kappa shape index (κ2) is 7.22. The van der Waals surface area contributed by atoms with Crippen LogP contribution in [0.3, 0.4) is 0 Å². The van der Waals surface area contributed by atoms with Gasteiger partial charge in [-0.15, -0.1) is 0 Å². The molecule has 32 heavy (non-hydrogen) atoms. The Balaban J connectivity index is 1.73. The second-order valence-corrected chi connectivity index (χ2v) is 10.4. The van der Waals surface area contributed by atoms with E-state index in [1.165, 1.54) is 19.3 Å². The number of ether oxygens (including phenoxy) is 1. The number of aliphatic hydroxyl groups is 2. The summed E-state index contributed by atoms with van der Waals surface area (Å²) < 4.78 is 21.6. The Morgan fingerprint density at radius 1 is 1.31 bits per heavy atom. The number of esters is 1. The fourth-order valence-corrected chi connectivity index (χ4v) is 7.39. The molecule has 0 aromatic carbocycles. The van der Waals surface area contributed by atoms with Gasteiger partial charge in [0.05, 0.1) is 13.2 Å². The first kappa shape index (κ1) is 23.1. The molecule has 0 bridgehead atoms. The summed E-state index contributed by atoms with van der Waals surface area (Å²) in [4.78, 5) is 36.6. The van der Waals surface area contributed by atoms with Crippen LogP contribution in [0.25, 0.3) is 0 Å². The molecule has 0 heterocycles. The number of nitrogens with one attached hydrogen (secondary N) is 1. The number of alkyl halides is 1. The van der Waals surface area contributed by atoms with Gasteiger partial charge in [0, 0.05) is 16.7 Å². The standard InChI is InChI=1S/C24H32FNO6/c1-13-9-17-16-6-5-14-10-15(27)7-8-21(14,2)23(16,25)18(28)11-22(17,3)24(13,31)20(30)26-12-19(29)32-4/h7-8,10,13,16-18,28,31H,5-6,9,11-12H2,1-4H3,(H,26,30)/t13-,16+,17+,18+,21+,22+,23+,24+/m1/s1. The molecule has 0 aromatic rings. The SMILES string of the molecule is COC(=O)CNC(=O)[C@@]1(O)[C@H](C)C[C@H]2[C@@H]3CCC4=CC(=O)C=C[C@]4(C)[C@@]3(F)[C@@H](O)C[C@@]21C. The van der Waals surface area contributed by atoms with Gasteiger partial charge >= 0.3 is 5.97 Å². The largest absolute Gasteiger partial charge is 0.468 e. The zero-order valence-corrected chi connectivity index (χ0v) is 19.0. The predicted octanol–water partition coefficient (Wildman–Crippen LogP) is 1.62. The molecule has 4 aliphatic carbocycles. The zero-order valence-electron chi connectivity index (χ0n) is 19.0. The summed E-state index contributed by atoms with van der Waals surface area (Å²) in [5.74, 6) is -2.98. The van der Waals surface area contributed by atoms with Crippen molar-refractivity contribution in [1.29, 1.82) is 0 Å². The highest BCUT2D eigenvalue weighted by atomic mass is 19.1. The first-order valence-corrected chi connectivity index (χ1v) is 11.2. The number of aliphatic hydroxyl groups excluding tert-OH is 1. The number of allylic oxidation sites excluding steroid dienone is 4. The predicted molar refractivity (Wildman–Crippen MR) is 113 cm³/mol. The number of carbonyl (C=O) groups is 3. The zero-order chi connectivity index (χ0) is 23.7. The van der Waals surface area contributed by atoms with Crippen molar-refractivity contribution in [2.45, 2.75) is 63.8 Å². The molecular weight excluding hydrogens is 417 g/mol. The quantitative estimate of drug-likeness (QED) is 0.565. The van der Waals surface area contributed by atoms with Crippen molar-refractivity contribution in [1.82, 2.24) is 5.32 Å². The molecule has 0 spiro atoms. The molecule has 8 atom stereocenters. The first-order valence-electron chi connectivity index (χ1n) is 11.2. The fraction of sp³-hybridized carbons (Fsp3) is 0.708. The lowest BCUT2D eigenvalue weighted by molar-refractivity contribution is -0.219. The Hall–Kier alpha value is -2.06. The summed E-state index contributed by atoms with van der Waals surface area (Å²) in [6, 6.07) is 0. The van der Waals surface area contributed by atoms with Gasteiger partial charge in [-0.2, -0.15) is 0 Å². The van der Waals surface area contributed by atoms with Gasteiger partial charge in [0.15, 0.2) is 17.1 Å². The number of hydrogen-bond donors (Lipinski definition) is 3. The van der Waals surface area contributed by atoms with Crippen LogP contribution in [0, 0.1) is 28.6 Å². The highest BCUT2D eigenvalue weighted by molar-refractivity contribution is 6.01. The number of fused-ring (bicyclic) bond motifs is 5. The van der Waals surface area contributed by atoms with E-state index >= 15 is 4.39 Å². The minimum Gasteiger partial charge on any atom is -0.468 e. The van der Waals surface area contributed by atoms with E-state index in [1.807, 2.05) is 0 Å². The van der Waals surface area contributed by atoms with E-state index in [4.69, 9.17) is 0 Å². The molecule has 0 saturated heterocycles. The molecule has 0 unspecified atom stereocenters. The Bertz CT molecular complexity index is 931. The van der Waals surface area contributed by atoms with Crippen LogP contribution in [0.4, 0.5) is 4.39 Å². The van der Waals surface area contributed by atoms with Crippen molar-refractivity contribution in [3.05, 3.63) is 23.8 Å². The third-order valence-electron chi connectivity index (χ3n) is 9.19. The van der Waals surface area contributed by atoms with Crippen LogP contribution >= 0.6 is 0 Å². The highest BCUT2D eigenvalue weighted by Crippen LogP contribution is 2.70. The van der Waals surface area contributed by atoms with Crippen LogP contribution in [0.15, 0.2) is 23.8 Å². The smallest absolute Gasteiger partial charge is 0.325 e. The van der Waals surface area contributed by atoms with Crippen molar-refractivity contribution < 1.29 is 33.7 Å². The lowest BCUT2D eigenvalue weighted by Crippen LogP contribution is -2.70. The van der Waals surface area contributed by atoms with Crippen LogP contribution in [0.1, 0.15) is 46.5 Å². The summed E-state index contributed by atoms with van der Waals surface area (Å²) in [6.07, 6.45) is 4.23. The molecule has 1 amide bonds. The van der Waals surface area contributed by atoms with Crippen LogP contribution in [-0.2, 0) is 19.1 Å². The van der Waals surface area contributed by atoms with Gasteiger partial charge in [0.2, 0.25) is 0 Å². The number of carbonyl (C=O) groups excluding carboxylic acids is 3. The summed E-state index contributed by atoms with van der Waals surface area (Å²) in [5, 5.41) is 25.5. The minimum atomic E-state index is -2.02. The average Bonchev–Trinajstić information content (AvgIpc) is 2.94. The van der Waals surface area contributed by atoms with Gasteiger partial charge < -0.3 is 20.3 Å². The lowest BCUT2D eigenvalue weighted by atomic mass is 9.44. The van der Waals surface area contributed by atoms with E-state index in [9.17, 15) is 24.6 Å². The Morgan fingerprint density at radius 2 is 2.00 bits per heavy atom. The van der Waals surface area contributed by atoms with Crippen LogP contribution in [-0.4, -0.2) is 58.9 Å². The van der Waals surface area contributed by atoms with E-state index in [1.54, 1.807) is 26.8 Å². The third kappa shape index (κ3) is 2.68. The minimum absolute atomic E-state index is 0.109. The third-order valence-corrected chi connectivity index (χ3v) is 9.19. The number of methoxy groups -OCH3 is 1. The molecule has 0 radical (unpaired) electrons. The summed E-state index contributed by atoms with van der Waals surface area (Å²) in [5.41, 5.74) is -5.42. The Labute approximate surface area is 187 Å². The van der Waals surface area contributed by atoms with Gasteiger partial charge in [-0.25, -0.2) is 4.39 Å². The average molecular weight is 450 g/mol. The van der Waals surface area contributed by atoms with Gasteiger partial charge in [0.1, 0.15) is 6.54 Å². The molecule has 176 valence electrons. The van der Waals surface area contributed by atoms with Crippen molar-refractivity contribution in [2.24, 2.45) is 28.6 Å². The van der Waals surface area contributed by atoms with E-state index in [2.05, 4.69) is 10.1 Å². The summed E-state index contributed by atoms with van der Waals surface area (Å²) in [6.45, 7) is 4.85. The highest BCUT2D eigenvalue weighted by Gasteiger charge is 2.75. The summed E-state index contributed by atoms with van der Waals surface area (Å²) >= 11 is 0. The van der Waals surface area contributed by atoms with Crippen LogP contribution in [0.5, 0.6) is 0 Å². The maximum absolute atomic E-state index is 17.0. The molecule has 3 N–H and O–H groups in total. The molecule has 0 aromatic heterocycles. The number of halogens is 1. The molecular formula is C24H32FNO6. The Kier molecular flexibility index (Phi) is 5.21. The number of ketones is 1. The molecule has 3 saturated carbocycles. The molecule has 0 aliphatic heterocycles. The maximum Gasteiger partial charge on any atom is 0.325 e. The van der Waals surface area contributed by atoms with Crippen LogP contribution < -0.4 is 5.32 Å². The molecule has 8 heteroatoms. The fourth-order valence-electron chi connectivity index (χ4n) is 7.39. The number of hydrogen-bond acceptors (Lipinski definition) is 6. The van der Waals surface area contributed by atoms with Gasteiger partial charge in [0.25, 0.3) is 5.91 Å². The van der Waals surface area contributed by atoms with Crippen LogP contribution in [0.2, 0.25) is 0 Å². The monoisotopic (exact) mass is 449 g/mol. The van der Waals surface area contributed by atoms with Gasteiger partial charge in [-0.3, -0.25) is 14.4 Å². The molecule has 4 aliphatic rings. The van der Waals surface area contributed by atoms with Gasteiger partial charge in [-0.1, -0.05) is 25.5 Å². The second-order valence-electron chi connectivity index (χ2n) is 10.4.